The van der Waals surface area contributed by atoms with Gasteiger partial charge in [0.15, 0.2) is 6.10 Å². The summed E-state index contributed by atoms with van der Waals surface area (Å²) in [5.74, 6) is -0.988. The number of benzene rings is 3. The standard InChI is InChI=1S/C29H26N2O4/c1-19(27(32)31-18-10-14-20-11-6-9-17-24(20)31)35-29(34)26-25(21-12-4-3-5-13-21)22-15-7-8-16-23(22)28(33)30(26)2/h3-9,11-13,15-17,19H,10,14,18H2,1-2H3. The van der Waals surface area contributed by atoms with Gasteiger partial charge in [-0.1, -0.05) is 66.7 Å². The third-order valence-corrected chi connectivity index (χ3v) is 6.57. The summed E-state index contributed by atoms with van der Waals surface area (Å²) < 4.78 is 7.04. The fourth-order valence-corrected chi connectivity index (χ4v) is 4.85. The summed E-state index contributed by atoms with van der Waals surface area (Å²) in [7, 11) is 1.56. The van der Waals surface area contributed by atoms with Gasteiger partial charge >= 0.3 is 5.97 Å². The minimum absolute atomic E-state index is 0.124. The van der Waals surface area contributed by atoms with Crippen LogP contribution in [0.3, 0.4) is 0 Å². The van der Waals surface area contributed by atoms with Crippen LogP contribution in [0, 0.1) is 0 Å². The maximum absolute atomic E-state index is 13.5. The van der Waals surface area contributed by atoms with Crippen LogP contribution in [0.4, 0.5) is 5.69 Å². The highest BCUT2D eigenvalue weighted by atomic mass is 16.5. The number of fused-ring (bicyclic) bond motifs is 2. The topological polar surface area (TPSA) is 68.6 Å². The summed E-state index contributed by atoms with van der Waals surface area (Å²) in [6.07, 6.45) is 0.743. The van der Waals surface area contributed by atoms with Crippen LogP contribution >= 0.6 is 0 Å². The smallest absolute Gasteiger partial charge is 0.356 e. The molecular weight excluding hydrogens is 440 g/mol. The molecule has 0 spiro atoms. The van der Waals surface area contributed by atoms with Crippen molar-refractivity contribution in [1.82, 2.24) is 4.57 Å². The van der Waals surface area contributed by atoms with Crippen LogP contribution in [0.15, 0.2) is 83.7 Å². The van der Waals surface area contributed by atoms with E-state index in [2.05, 4.69) is 0 Å². The molecule has 176 valence electrons. The van der Waals surface area contributed by atoms with E-state index >= 15 is 0 Å². The maximum atomic E-state index is 13.5. The van der Waals surface area contributed by atoms with E-state index in [1.807, 2.05) is 66.7 Å². The number of ether oxygens (including phenoxy) is 1. The Labute approximate surface area is 203 Å². The van der Waals surface area contributed by atoms with E-state index in [1.165, 1.54) is 4.57 Å². The van der Waals surface area contributed by atoms with Gasteiger partial charge < -0.3 is 14.2 Å². The molecule has 6 heteroatoms. The number of aryl methyl sites for hydroxylation is 1. The summed E-state index contributed by atoms with van der Waals surface area (Å²) in [6.45, 7) is 2.15. The number of aromatic nitrogens is 1. The lowest BCUT2D eigenvalue weighted by Gasteiger charge is -2.31. The van der Waals surface area contributed by atoms with Crippen LogP contribution in [0.2, 0.25) is 0 Å². The summed E-state index contributed by atoms with van der Waals surface area (Å²) in [5.41, 5.74) is 3.19. The quantitative estimate of drug-likeness (QED) is 0.408. The number of anilines is 1. The van der Waals surface area contributed by atoms with E-state index in [9.17, 15) is 14.4 Å². The first-order valence-electron chi connectivity index (χ1n) is 11.7. The third kappa shape index (κ3) is 4.01. The van der Waals surface area contributed by atoms with Crippen molar-refractivity contribution in [2.24, 2.45) is 7.05 Å². The van der Waals surface area contributed by atoms with Crippen LogP contribution in [0.5, 0.6) is 0 Å². The molecule has 1 aliphatic heterocycles. The molecule has 0 aliphatic carbocycles. The molecule has 1 aromatic heterocycles. The van der Waals surface area contributed by atoms with E-state index < -0.39 is 12.1 Å². The molecule has 5 rings (SSSR count). The van der Waals surface area contributed by atoms with Crippen molar-refractivity contribution in [2.75, 3.05) is 11.4 Å². The lowest BCUT2D eigenvalue weighted by atomic mass is 9.97. The van der Waals surface area contributed by atoms with Crippen LogP contribution in [-0.4, -0.2) is 29.1 Å². The lowest BCUT2D eigenvalue weighted by Crippen LogP contribution is -2.43. The normalized spacial score (nSPS) is 13.8. The van der Waals surface area contributed by atoms with Crippen LogP contribution in [-0.2, 0) is 23.0 Å². The second-order valence-corrected chi connectivity index (χ2v) is 8.77. The first-order valence-corrected chi connectivity index (χ1v) is 11.7. The van der Waals surface area contributed by atoms with Gasteiger partial charge in [-0.15, -0.1) is 0 Å². The molecule has 6 nitrogen and oxygen atoms in total. The number of amides is 1. The molecule has 1 aliphatic rings. The monoisotopic (exact) mass is 466 g/mol. The van der Waals surface area contributed by atoms with E-state index in [4.69, 9.17) is 4.74 Å². The van der Waals surface area contributed by atoms with Gasteiger partial charge in [-0.25, -0.2) is 4.79 Å². The second-order valence-electron chi connectivity index (χ2n) is 8.77. The molecule has 35 heavy (non-hydrogen) atoms. The number of hydrogen-bond acceptors (Lipinski definition) is 4. The molecule has 0 bridgehead atoms. The predicted molar refractivity (Wildman–Crippen MR) is 137 cm³/mol. The Bertz CT molecular complexity index is 1490. The molecule has 2 heterocycles. The van der Waals surface area contributed by atoms with Gasteiger partial charge in [-0.05, 0) is 48.4 Å². The molecule has 0 saturated heterocycles. The Morgan fingerprint density at radius 1 is 0.886 bits per heavy atom. The summed E-state index contributed by atoms with van der Waals surface area (Å²) >= 11 is 0. The number of carbonyl (C=O) groups is 2. The molecule has 0 N–H and O–H groups in total. The number of nitrogens with zero attached hydrogens (tertiary/aromatic N) is 2. The summed E-state index contributed by atoms with van der Waals surface area (Å²) in [6, 6.07) is 24.4. The largest absolute Gasteiger partial charge is 0.448 e. The van der Waals surface area contributed by atoms with E-state index in [-0.39, 0.29) is 17.2 Å². The minimum Gasteiger partial charge on any atom is -0.448 e. The van der Waals surface area contributed by atoms with E-state index in [1.54, 1.807) is 31.0 Å². The molecule has 4 aromatic rings. The van der Waals surface area contributed by atoms with Crippen LogP contribution < -0.4 is 10.5 Å². The number of para-hydroxylation sites is 1. The SMILES string of the molecule is CC(OC(=O)c1c(-c2ccccc2)c2ccccc2c(=O)n1C)C(=O)N1CCCc2ccccc21. The van der Waals surface area contributed by atoms with Crippen LogP contribution in [0.1, 0.15) is 29.4 Å². The van der Waals surface area contributed by atoms with Gasteiger partial charge in [0.05, 0.1) is 0 Å². The van der Waals surface area contributed by atoms with Crippen molar-refractivity contribution in [3.63, 3.8) is 0 Å². The number of pyridine rings is 1. The zero-order chi connectivity index (χ0) is 24.5. The average Bonchev–Trinajstić information content (AvgIpc) is 2.90. The first-order chi connectivity index (χ1) is 17.0. The molecule has 1 unspecified atom stereocenters. The van der Waals surface area contributed by atoms with Gasteiger partial charge in [-0.3, -0.25) is 9.59 Å². The van der Waals surface area contributed by atoms with Gasteiger partial charge in [0.1, 0.15) is 5.69 Å². The van der Waals surface area contributed by atoms with E-state index in [0.29, 0.717) is 22.9 Å². The van der Waals surface area contributed by atoms with E-state index in [0.717, 1.165) is 29.7 Å². The molecule has 0 fully saturated rings. The van der Waals surface area contributed by atoms with Crippen molar-refractivity contribution in [3.8, 4) is 11.1 Å². The molecule has 1 atom stereocenters. The first kappa shape index (κ1) is 22.6. The third-order valence-electron chi connectivity index (χ3n) is 6.57. The Morgan fingerprint density at radius 2 is 1.54 bits per heavy atom. The predicted octanol–water partition coefficient (Wildman–Crippen LogP) is 4.73. The zero-order valence-corrected chi connectivity index (χ0v) is 19.7. The molecule has 1 amide bonds. The van der Waals surface area contributed by atoms with Gasteiger partial charge in [-0.2, -0.15) is 0 Å². The summed E-state index contributed by atoms with van der Waals surface area (Å²) in [4.78, 5) is 41.7. The Balaban J connectivity index is 1.54. The second kappa shape index (κ2) is 9.22. The van der Waals surface area contributed by atoms with Gasteiger partial charge in [0.2, 0.25) is 0 Å². The lowest BCUT2D eigenvalue weighted by molar-refractivity contribution is -0.126. The van der Waals surface area contributed by atoms with Crippen molar-refractivity contribution in [1.29, 1.82) is 0 Å². The Kier molecular flexibility index (Phi) is 5.95. The van der Waals surface area contributed by atoms with Crippen molar-refractivity contribution in [2.45, 2.75) is 25.9 Å². The number of esters is 1. The highest BCUT2D eigenvalue weighted by Crippen LogP contribution is 2.32. The highest BCUT2D eigenvalue weighted by molar-refractivity contribution is 6.07. The number of carbonyl (C=O) groups excluding carboxylic acids is 2. The highest BCUT2D eigenvalue weighted by Gasteiger charge is 2.30. The summed E-state index contributed by atoms with van der Waals surface area (Å²) in [5, 5.41) is 1.18. The number of rotatable bonds is 4. The van der Waals surface area contributed by atoms with Crippen molar-refractivity contribution in [3.05, 3.63) is 100 Å². The molecule has 3 aromatic carbocycles. The van der Waals surface area contributed by atoms with Crippen molar-refractivity contribution >= 4 is 28.3 Å². The maximum Gasteiger partial charge on any atom is 0.356 e. The Morgan fingerprint density at radius 3 is 2.31 bits per heavy atom. The fourth-order valence-electron chi connectivity index (χ4n) is 4.85. The fraction of sp³-hybridized carbons (Fsp3) is 0.207. The molecule has 0 radical (unpaired) electrons. The zero-order valence-electron chi connectivity index (χ0n) is 19.7. The number of hydrogen-bond donors (Lipinski definition) is 0. The van der Waals surface area contributed by atoms with Crippen molar-refractivity contribution < 1.29 is 14.3 Å². The molecular formula is C29H26N2O4. The van der Waals surface area contributed by atoms with Gasteiger partial charge in [0, 0.05) is 30.2 Å². The van der Waals surface area contributed by atoms with Crippen LogP contribution in [0.25, 0.3) is 21.9 Å². The molecule has 0 saturated carbocycles. The van der Waals surface area contributed by atoms with Gasteiger partial charge in [0.25, 0.3) is 11.5 Å². The Hall–Kier alpha value is -4.19. The minimum atomic E-state index is -1.01. The average molecular weight is 467 g/mol.